The molecule has 1 aromatic carbocycles. The topological polar surface area (TPSA) is 111 Å². The van der Waals surface area contributed by atoms with Crippen molar-refractivity contribution in [3.05, 3.63) is 92.1 Å². The van der Waals surface area contributed by atoms with Gasteiger partial charge in [-0.15, -0.1) is 11.3 Å². The molecule has 0 unspecified atom stereocenters. The lowest BCUT2D eigenvalue weighted by molar-refractivity contribution is 0.0781. The number of fused-ring (bicyclic) bond motifs is 1. The maximum absolute atomic E-state index is 12.9. The van der Waals surface area contributed by atoms with Crippen molar-refractivity contribution in [1.82, 2.24) is 25.2 Å². The molecule has 1 aliphatic heterocycles. The average Bonchev–Trinajstić information content (AvgIpc) is 3.54. The quantitative estimate of drug-likeness (QED) is 0.318. The van der Waals surface area contributed by atoms with Gasteiger partial charge in [-0.25, -0.2) is 9.97 Å². The third-order valence-electron chi connectivity index (χ3n) is 6.53. The molecule has 1 amide bonds. The Kier molecular flexibility index (Phi) is 7.15. The molecule has 0 aliphatic carbocycles. The van der Waals surface area contributed by atoms with Gasteiger partial charge in [-0.05, 0) is 54.5 Å². The van der Waals surface area contributed by atoms with Crippen molar-refractivity contribution < 1.29 is 9.90 Å². The number of H-pyrrole nitrogens is 1. The van der Waals surface area contributed by atoms with Gasteiger partial charge in [-0.3, -0.25) is 9.59 Å². The summed E-state index contributed by atoms with van der Waals surface area (Å²) in [7, 11) is 1.69. The first-order chi connectivity index (χ1) is 17.4. The Bertz CT molecular complexity index is 1420. The first-order valence-electron chi connectivity index (χ1n) is 11.7. The number of amides is 1. The molecule has 1 fully saturated rings. The lowest BCUT2D eigenvalue weighted by Gasteiger charge is -2.20. The minimum atomic E-state index is -0.639. The number of aliphatic hydroxyl groups excluding tert-OH is 1. The molecule has 3 aromatic heterocycles. The molecule has 5 rings (SSSR count). The average molecular weight is 524 g/mol. The number of thiophene rings is 1. The summed E-state index contributed by atoms with van der Waals surface area (Å²) in [6.45, 7) is 0.209. The van der Waals surface area contributed by atoms with Crippen LogP contribution in [0.4, 0.5) is 0 Å². The van der Waals surface area contributed by atoms with Gasteiger partial charge in [0.15, 0.2) is 0 Å². The summed E-state index contributed by atoms with van der Waals surface area (Å²) in [6, 6.07) is 13.1. The van der Waals surface area contributed by atoms with E-state index in [1.807, 2.05) is 29.6 Å². The predicted molar refractivity (Wildman–Crippen MR) is 140 cm³/mol. The summed E-state index contributed by atoms with van der Waals surface area (Å²) in [5.74, 6) is 0.310. The van der Waals surface area contributed by atoms with E-state index >= 15 is 0 Å². The Hall–Kier alpha value is -3.11. The van der Waals surface area contributed by atoms with Crippen LogP contribution in [0.2, 0.25) is 5.15 Å². The van der Waals surface area contributed by atoms with E-state index in [9.17, 15) is 14.7 Å². The third kappa shape index (κ3) is 5.34. The maximum atomic E-state index is 12.9. The van der Waals surface area contributed by atoms with Crippen LogP contribution in [0, 0.1) is 0 Å². The number of rotatable bonds is 7. The maximum Gasteiger partial charge on any atom is 0.268 e. The van der Waals surface area contributed by atoms with E-state index < -0.39 is 6.10 Å². The molecule has 3 N–H and O–H groups in total. The lowest BCUT2D eigenvalue weighted by atomic mass is 10.0. The molecule has 36 heavy (non-hydrogen) atoms. The molecule has 4 heterocycles. The summed E-state index contributed by atoms with van der Waals surface area (Å²) in [6.07, 6.45) is 3.59. The molecule has 4 aromatic rings. The van der Waals surface area contributed by atoms with Crippen molar-refractivity contribution in [3.8, 4) is 0 Å². The number of hydrogen-bond donors (Lipinski definition) is 3. The Balaban J connectivity index is 1.17. The largest absolute Gasteiger partial charge is 0.387 e. The second kappa shape index (κ2) is 10.5. The van der Waals surface area contributed by atoms with E-state index in [4.69, 9.17) is 11.6 Å². The van der Waals surface area contributed by atoms with Crippen LogP contribution in [0.25, 0.3) is 10.2 Å². The molecule has 8 nitrogen and oxygen atoms in total. The highest BCUT2D eigenvalue weighted by Crippen LogP contribution is 2.27. The van der Waals surface area contributed by atoms with Crippen LogP contribution in [0.1, 0.15) is 46.3 Å². The number of benzene rings is 1. The monoisotopic (exact) mass is 523 g/mol. The van der Waals surface area contributed by atoms with E-state index in [1.54, 1.807) is 36.3 Å². The first kappa shape index (κ1) is 24.6. The Morgan fingerprint density at radius 2 is 2.03 bits per heavy atom. The highest BCUT2D eigenvalue weighted by Gasteiger charge is 2.30. The van der Waals surface area contributed by atoms with Gasteiger partial charge in [0.25, 0.3) is 11.5 Å². The fraction of sp³-hybridized carbons (Fsp3) is 0.308. The van der Waals surface area contributed by atoms with E-state index in [1.165, 1.54) is 11.3 Å². The predicted octanol–water partition coefficient (Wildman–Crippen LogP) is 3.70. The summed E-state index contributed by atoms with van der Waals surface area (Å²) in [5, 5.41) is 16.5. The molecule has 0 bridgehead atoms. The minimum Gasteiger partial charge on any atom is -0.387 e. The summed E-state index contributed by atoms with van der Waals surface area (Å²) >= 11 is 7.19. The number of hydrogen-bond acceptors (Lipinski definition) is 7. The van der Waals surface area contributed by atoms with Crippen molar-refractivity contribution in [2.75, 3.05) is 7.05 Å². The van der Waals surface area contributed by atoms with Crippen molar-refractivity contribution in [1.29, 1.82) is 0 Å². The molecule has 3 atom stereocenters. The number of nitrogens with zero attached hydrogens (tertiary/aromatic N) is 3. The molecule has 186 valence electrons. The number of halogens is 1. The summed E-state index contributed by atoms with van der Waals surface area (Å²) < 4.78 is 0.586. The van der Waals surface area contributed by atoms with Gasteiger partial charge in [0.05, 0.1) is 18.2 Å². The number of aromatic nitrogens is 3. The zero-order chi connectivity index (χ0) is 25.2. The molecular weight excluding hydrogens is 498 g/mol. The van der Waals surface area contributed by atoms with Crippen LogP contribution in [0.15, 0.2) is 58.8 Å². The van der Waals surface area contributed by atoms with Gasteiger partial charge in [0.2, 0.25) is 0 Å². The lowest BCUT2D eigenvalue weighted by Crippen LogP contribution is -2.35. The second-order valence-corrected chi connectivity index (χ2v) is 10.4. The Labute approximate surface area is 217 Å². The fourth-order valence-corrected chi connectivity index (χ4v) is 5.47. The molecule has 0 spiro atoms. The van der Waals surface area contributed by atoms with Gasteiger partial charge in [0, 0.05) is 36.5 Å². The number of aromatic amines is 1. The normalized spacial score (nSPS) is 18.4. The van der Waals surface area contributed by atoms with Crippen LogP contribution in [0.3, 0.4) is 0 Å². The van der Waals surface area contributed by atoms with Crippen LogP contribution in [-0.4, -0.2) is 50.0 Å². The first-order valence-corrected chi connectivity index (χ1v) is 13.0. The zero-order valence-corrected chi connectivity index (χ0v) is 21.2. The van der Waals surface area contributed by atoms with Gasteiger partial charge in [0.1, 0.15) is 15.7 Å². The smallest absolute Gasteiger partial charge is 0.268 e. The molecule has 0 saturated carbocycles. The molecule has 0 radical (unpaired) electrons. The van der Waals surface area contributed by atoms with Gasteiger partial charge in [-0.1, -0.05) is 29.8 Å². The summed E-state index contributed by atoms with van der Waals surface area (Å²) in [5.41, 5.74) is 2.89. The van der Waals surface area contributed by atoms with Crippen molar-refractivity contribution in [2.45, 2.75) is 44.0 Å². The van der Waals surface area contributed by atoms with Crippen molar-refractivity contribution in [3.63, 3.8) is 0 Å². The van der Waals surface area contributed by atoms with Crippen LogP contribution >= 0.6 is 22.9 Å². The number of carbonyl (C=O) groups is 1. The highest BCUT2D eigenvalue weighted by molar-refractivity contribution is 7.17. The Morgan fingerprint density at radius 3 is 2.78 bits per heavy atom. The molecule has 1 saturated heterocycles. The van der Waals surface area contributed by atoms with E-state index in [0.29, 0.717) is 26.8 Å². The number of nitrogens with one attached hydrogen (secondary N) is 2. The van der Waals surface area contributed by atoms with Gasteiger partial charge in [-0.2, -0.15) is 0 Å². The Morgan fingerprint density at radius 1 is 1.22 bits per heavy atom. The number of carbonyl (C=O) groups excluding carboxylic acids is 1. The molecule has 1 aliphatic rings. The minimum absolute atomic E-state index is 0.0409. The fourth-order valence-electron chi connectivity index (χ4n) is 4.64. The number of pyridine rings is 1. The van der Waals surface area contributed by atoms with E-state index in [-0.39, 0.29) is 30.1 Å². The van der Waals surface area contributed by atoms with Crippen molar-refractivity contribution >= 4 is 39.1 Å². The van der Waals surface area contributed by atoms with Crippen molar-refractivity contribution in [2.24, 2.45) is 0 Å². The van der Waals surface area contributed by atoms with E-state index in [0.717, 1.165) is 30.4 Å². The van der Waals surface area contributed by atoms with Gasteiger partial charge >= 0.3 is 0 Å². The van der Waals surface area contributed by atoms with Gasteiger partial charge < -0.3 is 20.3 Å². The second-order valence-electron chi connectivity index (χ2n) is 9.12. The van der Waals surface area contributed by atoms with Crippen LogP contribution in [0.5, 0.6) is 0 Å². The zero-order valence-electron chi connectivity index (χ0n) is 19.6. The van der Waals surface area contributed by atoms with E-state index in [2.05, 4.69) is 20.3 Å². The SMILES string of the molecule is CN(Cc1nc2ccsc2c(=O)[nH]1)C(=O)c1ccc(C[C@@H]2CC[C@H]([C@H](O)c3ccc(Cl)nc3)N2)cc1. The highest BCUT2D eigenvalue weighted by atomic mass is 35.5. The van der Waals surface area contributed by atoms with Crippen LogP contribution < -0.4 is 10.9 Å². The third-order valence-corrected chi connectivity index (χ3v) is 7.66. The standard InChI is InChI=1S/C26H26ClN5O3S/c1-32(14-22-30-20-10-11-36-24(20)25(34)31-22)26(35)16-4-2-15(3-5-16)12-18-7-8-19(29-18)23(33)17-6-9-21(27)28-13-17/h2-6,9-11,13,18-19,23,29,33H,7-8,12,14H2,1H3,(H,30,31,34)/t18-,19+,23+/m0/s1. The number of aliphatic hydroxyl groups is 1. The summed E-state index contributed by atoms with van der Waals surface area (Å²) in [4.78, 5) is 37.9. The molecule has 10 heteroatoms. The molecular formula is C26H26ClN5O3S. The van der Waals surface area contributed by atoms with Crippen LogP contribution in [-0.2, 0) is 13.0 Å².